The molecule has 26 heavy (non-hydrogen) atoms. The molecular weight excluding hydrogens is 416 g/mol. The number of sulfonamides is 1. The summed E-state index contributed by atoms with van der Waals surface area (Å²) in [5, 5.41) is 0. The van der Waals surface area contributed by atoms with Gasteiger partial charge in [-0.2, -0.15) is 0 Å². The summed E-state index contributed by atoms with van der Waals surface area (Å²) in [4.78, 5) is 14.0. The van der Waals surface area contributed by atoms with Crippen LogP contribution in [0, 0.1) is 0 Å². The molecular formula is C19H21BrN2O3S. The Bertz CT molecular complexity index is 957. The summed E-state index contributed by atoms with van der Waals surface area (Å²) in [6.45, 7) is 4.30. The SMILES string of the molecule is CCC(=O)N1CCc2cc(Br)cc(S(=O)(=O)Nc3cccc(CC)c3)c21. The van der Waals surface area contributed by atoms with E-state index in [1.54, 1.807) is 24.0 Å². The number of aryl methyl sites for hydroxylation is 1. The molecule has 0 aromatic heterocycles. The summed E-state index contributed by atoms with van der Waals surface area (Å²) >= 11 is 3.39. The first kappa shape index (κ1) is 18.9. The second-order valence-corrected chi connectivity index (χ2v) is 8.79. The van der Waals surface area contributed by atoms with Crippen molar-refractivity contribution >= 4 is 43.2 Å². The van der Waals surface area contributed by atoms with Crippen LogP contribution >= 0.6 is 15.9 Å². The van der Waals surface area contributed by atoms with Gasteiger partial charge in [0, 0.05) is 23.1 Å². The third kappa shape index (κ3) is 3.64. The summed E-state index contributed by atoms with van der Waals surface area (Å²) < 4.78 is 29.5. The minimum atomic E-state index is -3.83. The predicted octanol–water partition coefficient (Wildman–Crippen LogP) is 4.11. The monoisotopic (exact) mass is 436 g/mol. The van der Waals surface area contributed by atoms with Crippen molar-refractivity contribution in [1.29, 1.82) is 0 Å². The molecule has 0 bridgehead atoms. The number of carbonyl (C=O) groups excluding carboxylic acids is 1. The number of hydrogen-bond acceptors (Lipinski definition) is 3. The fourth-order valence-electron chi connectivity index (χ4n) is 3.18. The highest BCUT2D eigenvalue weighted by Crippen LogP contribution is 2.38. The van der Waals surface area contributed by atoms with Gasteiger partial charge in [0.15, 0.2) is 0 Å². The molecule has 5 nitrogen and oxygen atoms in total. The maximum atomic E-state index is 13.1. The number of benzene rings is 2. The Labute approximate surface area is 162 Å². The van der Waals surface area contributed by atoms with Crippen LogP contribution in [0.25, 0.3) is 0 Å². The molecule has 0 aliphatic carbocycles. The second kappa shape index (κ2) is 7.40. The Hall–Kier alpha value is -1.86. The van der Waals surface area contributed by atoms with Gasteiger partial charge in [0.05, 0.1) is 5.69 Å². The van der Waals surface area contributed by atoms with Gasteiger partial charge in [-0.3, -0.25) is 9.52 Å². The highest BCUT2D eigenvalue weighted by molar-refractivity contribution is 9.10. The van der Waals surface area contributed by atoms with Crippen molar-refractivity contribution in [2.24, 2.45) is 0 Å². The number of rotatable bonds is 5. The van der Waals surface area contributed by atoms with Gasteiger partial charge in [0.1, 0.15) is 4.90 Å². The van der Waals surface area contributed by atoms with E-state index in [-0.39, 0.29) is 10.8 Å². The Kier molecular flexibility index (Phi) is 5.39. The number of amides is 1. The van der Waals surface area contributed by atoms with E-state index in [4.69, 9.17) is 0 Å². The molecule has 3 rings (SSSR count). The van der Waals surface area contributed by atoms with Crippen molar-refractivity contribution in [2.45, 2.75) is 38.0 Å². The number of nitrogens with zero attached hydrogens (tertiary/aromatic N) is 1. The first-order valence-electron chi connectivity index (χ1n) is 8.60. The van der Waals surface area contributed by atoms with Crippen LogP contribution < -0.4 is 9.62 Å². The van der Waals surface area contributed by atoms with Crippen molar-refractivity contribution in [3.05, 3.63) is 52.0 Å². The molecule has 1 amide bonds. The van der Waals surface area contributed by atoms with Crippen molar-refractivity contribution in [3.8, 4) is 0 Å². The number of halogens is 1. The van der Waals surface area contributed by atoms with Gasteiger partial charge < -0.3 is 4.90 Å². The molecule has 0 saturated carbocycles. The molecule has 1 heterocycles. The van der Waals surface area contributed by atoms with Crippen LogP contribution in [0.3, 0.4) is 0 Å². The van der Waals surface area contributed by atoms with Crippen LogP contribution in [0.4, 0.5) is 11.4 Å². The van der Waals surface area contributed by atoms with E-state index < -0.39 is 10.0 Å². The zero-order chi connectivity index (χ0) is 18.9. The molecule has 7 heteroatoms. The third-order valence-corrected chi connectivity index (χ3v) is 6.33. The van der Waals surface area contributed by atoms with Crippen molar-refractivity contribution < 1.29 is 13.2 Å². The number of carbonyl (C=O) groups is 1. The largest absolute Gasteiger partial charge is 0.310 e. The van der Waals surface area contributed by atoms with E-state index in [1.165, 1.54) is 0 Å². The highest BCUT2D eigenvalue weighted by Gasteiger charge is 2.32. The van der Waals surface area contributed by atoms with Crippen LogP contribution in [-0.4, -0.2) is 20.9 Å². The van der Waals surface area contributed by atoms with Crippen molar-refractivity contribution in [1.82, 2.24) is 0 Å². The zero-order valence-corrected chi connectivity index (χ0v) is 17.2. The highest BCUT2D eigenvalue weighted by atomic mass is 79.9. The number of nitrogens with one attached hydrogen (secondary N) is 1. The molecule has 1 aliphatic rings. The lowest BCUT2D eigenvalue weighted by atomic mass is 10.1. The van der Waals surface area contributed by atoms with E-state index in [1.807, 2.05) is 31.2 Å². The van der Waals surface area contributed by atoms with E-state index in [9.17, 15) is 13.2 Å². The maximum Gasteiger partial charge on any atom is 0.264 e. The van der Waals surface area contributed by atoms with E-state index in [0.717, 1.165) is 17.5 Å². The van der Waals surface area contributed by atoms with Crippen LogP contribution in [-0.2, 0) is 27.7 Å². The molecule has 0 unspecified atom stereocenters. The molecule has 0 radical (unpaired) electrons. The number of fused-ring (bicyclic) bond motifs is 1. The first-order valence-corrected chi connectivity index (χ1v) is 10.9. The molecule has 2 aromatic carbocycles. The topological polar surface area (TPSA) is 66.5 Å². The smallest absolute Gasteiger partial charge is 0.264 e. The Balaban J connectivity index is 2.06. The van der Waals surface area contributed by atoms with Gasteiger partial charge in [-0.15, -0.1) is 0 Å². The molecule has 1 aliphatic heterocycles. The quantitative estimate of drug-likeness (QED) is 0.766. The lowest BCUT2D eigenvalue weighted by Gasteiger charge is -2.20. The van der Waals surface area contributed by atoms with Gasteiger partial charge in [-0.05, 0) is 48.2 Å². The fourth-order valence-corrected chi connectivity index (χ4v) is 5.16. The van der Waals surface area contributed by atoms with Crippen LogP contribution in [0.15, 0.2) is 45.8 Å². The maximum absolute atomic E-state index is 13.1. The van der Waals surface area contributed by atoms with Gasteiger partial charge in [0.2, 0.25) is 5.91 Å². The third-order valence-electron chi connectivity index (χ3n) is 4.47. The molecule has 0 atom stereocenters. The average molecular weight is 437 g/mol. The first-order chi connectivity index (χ1) is 12.4. The van der Waals surface area contributed by atoms with Crippen LogP contribution in [0.5, 0.6) is 0 Å². The van der Waals surface area contributed by atoms with Crippen molar-refractivity contribution in [2.75, 3.05) is 16.2 Å². The summed E-state index contributed by atoms with van der Waals surface area (Å²) in [6, 6.07) is 10.8. The second-order valence-electron chi connectivity index (χ2n) is 6.22. The molecule has 2 aromatic rings. The van der Waals surface area contributed by atoms with Gasteiger partial charge in [0.25, 0.3) is 10.0 Å². The molecule has 0 spiro atoms. The van der Waals surface area contributed by atoms with Crippen molar-refractivity contribution in [3.63, 3.8) is 0 Å². The fraction of sp³-hybridized carbons (Fsp3) is 0.316. The molecule has 0 fully saturated rings. The molecule has 138 valence electrons. The summed E-state index contributed by atoms with van der Waals surface area (Å²) in [7, 11) is -3.83. The number of anilines is 2. The van der Waals surface area contributed by atoms with Crippen LogP contribution in [0.2, 0.25) is 0 Å². The Morgan fingerprint density at radius 3 is 2.69 bits per heavy atom. The minimum Gasteiger partial charge on any atom is -0.310 e. The lowest BCUT2D eigenvalue weighted by Crippen LogP contribution is -2.29. The molecule has 0 saturated heterocycles. The normalized spacial score (nSPS) is 13.6. The van der Waals surface area contributed by atoms with Crippen LogP contribution in [0.1, 0.15) is 31.4 Å². The summed E-state index contributed by atoms with van der Waals surface area (Å²) in [5.41, 5.74) is 2.93. The van der Waals surface area contributed by atoms with Gasteiger partial charge in [-0.25, -0.2) is 8.42 Å². The van der Waals surface area contributed by atoms with E-state index in [2.05, 4.69) is 20.7 Å². The number of hydrogen-bond donors (Lipinski definition) is 1. The Morgan fingerprint density at radius 2 is 2.00 bits per heavy atom. The van der Waals surface area contributed by atoms with E-state index in [0.29, 0.717) is 35.2 Å². The standard InChI is InChI=1S/C19H21BrN2O3S/c1-3-13-6-5-7-16(10-13)21-26(24,25)17-12-15(20)11-14-8-9-22(19(14)17)18(23)4-2/h5-7,10-12,21H,3-4,8-9H2,1-2H3. The summed E-state index contributed by atoms with van der Waals surface area (Å²) in [5.74, 6) is -0.0736. The van der Waals surface area contributed by atoms with Gasteiger partial charge in [-0.1, -0.05) is 41.9 Å². The van der Waals surface area contributed by atoms with E-state index >= 15 is 0 Å². The molecule has 1 N–H and O–H groups in total. The summed E-state index contributed by atoms with van der Waals surface area (Å²) in [6.07, 6.45) is 1.80. The predicted molar refractivity (Wildman–Crippen MR) is 107 cm³/mol. The average Bonchev–Trinajstić information content (AvgIpc) is 3.03. The van der Waals surface area contributed by atoms with Gasteiger partial charge >= 0.3 is 0 Å². The minimum absolute atomic E-state index is 0.0736. The Morgan fingerprint density at radius 1 is 1.23 bits per heavy atom. The lowest BCUT2D eigenvalue weighted by molar-refractivity contribution is -0.118. The zero-order valence-electron chi connectivity index (χ0n) is 14.8.